The standard InChI is InChI=1S/C29H49N5O6/c1-2-3-4-5-6-7-8-9-10-11-12-13-14-15-16-17-18-30-29-32-26(38)22-23(27(39)33-29)34(20-31-22)28-25(37)24(36)21(19-35)40-28/h20-21,24-25,28,35-37H,2-19H2,1H3,(H2,30,32,33,38,39)/t21-,24+,25-,28-/m1/s1. The summed E-state index contributed by atoms with van der Waals surface area (Å²) >= 11 is 0. The Morgan fingerprint density at radius 2 is 1.43 bits per heavy atom. The van der Waals surface area contributed by atoms with Crippen LogP contribution in [-0.4, -0.2) is 66.3 Å². The molecule has 0 aliphatic carbocycles. The van der Waals surface area contributed by atoms with E-state index in [2.05, 4.69) is 27.2 Å². The van der Waals surface area contributed by atoms with Crippen molar-refractivity contribution >= 4 is 17.0 Å². The third kappa shape index (κ3) is 9.36. The number of aliphatic hydroxyl groups is 3. The van der Waals surface area contributed by atoms with E-state index in [1.54, 1.807) is 0 Å². The summed E-state index contributed by atoms with van der Waals surface area (Å²) in [5.41, 5.74) is -1.63. The second-order valence-electron chi connectivity index (χ2n) is 11.0. The van der Waals surface area contributed by atoms with Crippen LogP contribution in [0.15, 0.2) is 15.9 Å². The molecule has 0 aromatic carbocycles. The normalized spacial score (nSPS) is 20.9. The van der Waals surface area contributed by atoms with Gasteiger partial charge in [-0.15, -0.1) is 0 Å². The Bertz CT molecular complexity index is 1120. The van der Waals surface area contributed by atoms with Gasteiger partial charge in [-0.25, -0.2) is 4.98 Å². The first kappa shape index (κ1) is 32.2. The SMILES string of the molecule is CCCCCCCCCCCCCCCCCCNc1nc(=O)c2ncn([C@@H]3O[C@H](CO)[C@H](O)[C@H]3O)c2c(=O)[nH]1. The van der Waals surface area contributed by atoms with Gasteiger partial charge >= 0.3 is 5.56 Å². The molecule has 0 spiro atoms. The molecule has 0 amide bonds. The van der Waals surface area contributed by atoms with Crippen LogP contribution in [0.3, 0.4) is 0 Å². The van der Waals surface area contributed by atoms with Crippen molar-refractivity contribution in [2.75, 3.05) is 18.5 Å². The number of fused-ring (bicyclic) bond motifs is 1. The van der Waals surface area contributed by atoms with Crippen LogP contribution in [0.4, 0.5) is 5.95 Å². The third-order valence-electron chi connectivity index (χ3n) is 7.77. The molecule has 3 heterocycles. The molecule has 0 bridgehead atoms. The zero-order chi connectivity index (χ0) is 28.7. The third-order valence-corrected chi connectivity index (χ3v) is 7.77. The summed E-state index contributed by atoms with van der Waals surface area (Å²) in [4.78, 5) is 36.1. The number of aromatic nitrogens is 4. The molecular formula is C29H49N5O6. The van der Waals surface area contributed by atoms with E-state index in [4.69, 9.17) is 4.74 Å². The number of hydrogen-bond acceptors (Lipinski definition) is 9. The van der Waals surface area contributed by atoms with Gasteiger partial charge < -0.3 is 25.4 Å². The maximum atomic E-state index is 12.9. The van der Waals surface area contributed by atoms with Crippen molar-refractivity contribution in [2.24, 2.45) is 0 Å². The Morgan fingerprint density at radius 3 is 1.95 bits per heavy atom. The summed E-state index contributed by atoms with van der Waals surface area (Å²) in [6, 6.07) is 0. The number of ether oxygens (including phenoxy) is 1. The number of rotatable bonds is 20. The second-order valence-corrected chi connectivity index (χ2v) is 11.0. The van der Waals surface area contributed by atoms with E-state index in [9.17, 15) is 24.9 Å². The fourth-order valence-electron chi connectivity index (χ4n) is 5.36. The van der Waals surface area contributed by atoms with Crippen LogP contribution in [0.1, 0.15) is 116 Å². The monoisotopic (exact) mass is 563 g/mol. The molecule has 226 valence electrons. The van der Waals surface area contributed by atoms with Crippen molar-refractivity contribution in [3.8, 4) is 0 Å². The van der Waals surface area contributed by atoms with Gasteiger partial charge in [-0.05, 0) is 6.42 Å². The van der Waals surface area contributed by atoms with Gasteiger partial charge in [-0.3, -0.25) is 19.1 Å². The van der Waals surface area contributed by atoms with Gasteiger partial charge in [0.2, 0.25) is 5.95 Å². The molecule has 0 radical (unpaired) electrons. The van der Waals surface area contributed by atoms with Gasteiger partial charge in [-0.1, -0.05) is 103 Å². The van der Waals surface area contributed by atoms with Gasteiger partial charge in [-0.2, -0.15) is 4.98 Å². The van der Waals surface area contributed by atoms with Crippen molar-refractivity contribution in [1.29, 1.82) is 0 Å². The maximum Gasteiger partial charge on any atom is 0.301 e. The van der Waals surface area contributed by atoms with Gasteiger partial charge in [0.05, 0.1) is 12.9 Å². The molecule has 5 N–H and O–H groups in total. The molecule has 4 atom stereocenters. The molecule has 11 heteroatoms. The smallest absolute Gasteiger partial charge is 0.301 e. The van der Waals surface area contributed by atoms with Crippen molar-refractivity contribution in [1.82, 2.24) is 19.5 Å². The summed E-state index contributed by atoms with van der Waals surface area (Å²) in [6.45, 7) is 2.32. The molecule has 0 unspecified atom stereocenters. The first-order chi connectivity index (χ1) is 19.5. The van der Waals surface area contributed by atoms with Gasteiger partial charge in [0.25, 0.3) is 5.56 Å². The maximum absolute atomic E-state index is 12.9. The second kappa shape index (κ2) is 17.5. The van der Waals surface area contributed by atoms with Crippen molar-refractivity contribution < 1.29 is 20.1 Å². The van der Waals surface area contributed by atoms with Gasteiger partial charge in [0.1, 0.15) is 23.8 Å². The van der Waals surface area contributed by atoms with Gasteiger partial charge in [0.15, 0.2) is 11.7 Å². The van der Waals surface area contributed by atoms with E-state index in [1.165, 1.54) is 94.4 Å². The van der Waals surface area contributed by atoms with Crippen LogP contribution < -0.4 is 16.4 Å². The van der Waals surface area contributed by atoms with E-state index in [1.807, 2.05) is 0 Å². The average molecular weight is 564 g/mol. The van der Waals surface area contributed by atoms with Gasteiger partial charge in [0, 0.05) is 6.54 Å². The van der Waals surface area contributed by atoms with E-state index < -0.39 is 42.3 Å². The molecule has 1 aliphatic heterocycles. The van der Waals surface area contributed by atoms with E-state index in [0.717, 1.165) is 19.3 Å². The number of nitrogens with zero attached hydrogens (tertiary/aromatic N) is 3. The molecule has 2 aromatic rings. The Labute approximate surface area is 236 Å². The predicted octanol–water partition coefficient (Wildman–Crippen LogP) is 3.76. The minimum atomic E-state index is -1.41. The Hall–Kier alpha value is -2.34. The first-order valence-electron chi connectivity index (χ1n) is 15.4. The number of aromatic amines is 1. The first-order valence-corrected chi connectivity index (χ1v) is 15.4. The van der Waals surface area contributed by atoms with Crippen LogP contribution in [0.5, 0.6) is 0 Å². The zero-order valence-electron chi connectivity index (χ0n) is 24.0. The number of hydrogen-bond donors (Lipinski definition) is 5. The Balaban J connectivity index is 1.34. The van der Waals surface area contributed by atoms with Crippen molar-refractivity contribution in [3.05, 3.63) is 27.0 Å². The lowest BCUT2D eigenvalue weighted by molar-refractivity contribution is -0.0509. The molecule has 2 aromatic heterocycles. The van der Waals surface area contributed by atoms with Crippen LogP contribution >= 0.6 is 0 Å². The van der Waals surface area contributed by atoms with Crippen molar-refractivity contribution in [2.45, 2.75) is 134 Å². The molecule has 1 saturated heterocycles. The van der Waals surface area contributed by atoms with Crippen LogP contribution in [0.25, 0.3) is 11.0 Å². The van der Waals surface area contributed by atoms with E-state index in [0.29, 0.717) is 6.54 Å². The molecule has 1 fully saturated rings. The molecular weight excluding hydrogens is 514 g/mol. The molecule has 3 rings (SSSR count). The van der Waals surface area contributed by atoms with Crippen LogP contribution in [-0.2, 0) is 4.74 Å². The molecule has 11 nitrogen and oxygen atoms in total. The summed E-state index contributed by atoms with van der Waals surface area (Å²) in [5.74, 6) is 0.0571. The lowest BCUT2D eigenvalue weighted by atomic mass is 10.0. The fraction of sp³-hybridized carbons (Fsp3) is 0.793. The quantitative estimate of drug-likeness (QED) is 0.151. The number of anilines is 1. The highest BCUT2D eigenvalue weighted by Crippen LogP contribution is 2.30. The minimum absolute atomic E-state index is 0.0571. The topological polar surface area (TPSA) is 163 Å². The molecule has 1 aliphatic rings. The van der Waals surface area contributed by atoms with E-state index in [-0.39, 0.29) is 17.0 Å². The number of imidazole rings is 1. The number of nitrogens with one attached hydrogen (secondary N) is 2. The van der Waals surface area contributed by atoms with Crippen LogP contribution in [0, 0.1) is 0 Å². The average Bonchev–Trinajstić information content (AvgIpc) is 3.47. The number of H-pyrrole nitrogens is 1. The summed E-state index contributed by atoms with van der Waals surface area (Å²) in [7, 11) is 0. The lowest BCUT2D eigenvalue weighted by Gasteiger charge is -2.16. The molecule has 40 heavy (non-hydrogen) atoms. The predicted molar refractivity (Wildman–Crippen MR) is 155 cm³/mol. The van der Waals surface area contributed by atoms with E-state index >= 15 is 0 Å². The van der Waals surface area contributed by atoms with Crippen LogP contribution in [0.2, 0.25) is 0 Å². The summed E-state index contributed by atoms with van der Waals surface area (Å²) in [6.07, 6.45) is 16.9. The summed E-state index contributed by atoms with van der Waals surface area (Å²) in [5, 5.41) is 32.7. The number of aliphatic hydroxyl groups excluding tert-OH is 3. The minimum Gasteiger partial charge on any atom is -0.394 e. The number of unbranched alkanes of at least 4 members (excludes halogenated alkanes) is 15. The zero-order valence-corrected chi connectivity index (χ0v) is 24.0. The molecule has 0 saturated carbocycles. The highest BCUT2D eigenvalue weighted by molar-refractivity contribution is 5.73. The Morgan fingerprint density at radius 1 is 0.875 bits per heavy atom. The Kier molecular flexibility index (Phi) is 14.1. The largest absolute Gasteiger partial charge is 0.394 e. The van der Waals surface area contributed by atoms with Crippen molar-refractivity contribution in [3.63, 3.8) is 0 Å². The fourth-order valence-corrected chi connectivity index (χ4v) is 5.36. The highest BCUT2D eigenvalue weighted by atomic mass is 16.6. The summed E-state index contributed by atoms with van der Waals surface area (Å²) < 4.78 is 6.69. The highest BCUT2D eigenvalue weighted by Gasteiger charge is 2.44. The lowest BCUT2D eigenvalue weighted by Crippen LogP contribution is -2.33.